The molecule has 9 heteroatoms. The van der Waals surface area contributed by atoms with E-state index in [1.54, 1.807) is 25.4 Å². The molecule has 1 amide bonds. The van der Waals surface area contributed by atoms with Gasteiger partial charge in [-0.05, 0) is 18.2 Å². The zero-order chi connectivity index (χ0) is 19.9. The average Bonchev–Trinajstić information content (AvgIpc) is 3.10. The van der Waals surface area contributed by atoms with Crippen molar-refractivity contribution >= 4 is 51.8 Å². The first-order chi connectivity index (χ1) is 12.8. The van der Waals surface area contributed by atoms with E-state index in [2.05, 4.69) is 62.6 Å². The van der Waals surface area contributed by atoms with Gasteiger partial charge in [-0.2, -0.15) is 0 Å². The molecule has 0 aliphatic carbocycles. The molecule has 28 heavy (non-hydrogen) atoms. The summed E-state index contributed by atoms with van der Waals surface area (Å²) in [6, 6.07) is 7.27. The minimum absolute atomic E-state index is 0. The number of aliphatic imine (C=N–C) groups is 1. The molecular formula is C19H27BrIN5O2. The first-order valence-corrected chi connectivity index (χ1v) is 9.52. The van der Waals surface area contributed by atoms with E-state index in [-0.39, 0.29) is 35.3 Å². The molecule has 0 atom stereocenters. The number of aromatic nitrogens is 1. The van der Waals surface area contributed by atoms with E-state index in [1.165, 1.54) is 0 Å². The van der Waals surface area contributed by atoms with Gasteiger partial charge in [0, 0.05) is 35.6 Å². The van der Waals surface area contributed by atoms with Crippen molar-refractivity contribution in [3.05, 3.63) is 52.1 Å². The van der Waals surface area contributed by atoms with Crippen molar-refractivity contribution in [2.75, 3.05) is 20.1 Å². The smallest absolute Gasteiger partial charge is 0.251 e. The van der Waals surface area contributed by atoms with Crippen LogP contribution in [0.4, 0.5) is 0 Å². The monoisotopic (exact) mass is 563 g/mol. The number of rotatable bonds is 6. The summed E-state index contributed by atoms with van der Waals surface area (Å²) >= 11 is 3.36. The van der Waals surface area contributed by atoms with Crippen molar-refractivity contribution in [1.29, 1.82) is 0 Å². The molecule has 0 saturated heterocycles. The van der Waals surface area contributed by atoms with E-state index in [0.29, 0.717) is 37.0 Å². The fraction of sp³-hybridized carbons (Fsp3) is 0.421. The lowest BCUT2D eigenvalue weighted by atomic mass is 9.94. The first kappa shape index (κ1) is 24.4. The molecule has 0 spiro atoms. The molecule has 154 valence electrons. The van der Waals surface area contributed by atoms with Gasteiger partial charge in [0.2, 0.25) is 5.89 Å². The second kappa shape index (κ2) is 11.4. The van der Waals surface area contributed by atoms with Crippen LogP contribution in [0.3, 0.4) is 0 Å². The van der Waals surface area contributed by atoms with E-state index in [9.17, 15) is 4.79 Å². The van der Waals surface area contributed by atoms with Crippen LogP contribution in [0.25, 0.3) is 0 Å². The molecule has 0 radical (unpaired) electrons. The standard InChI is InChI=1S/C19H26BrN5O2.HI/c1-19(2,3)15-11-24-16(27-15)12-25-18(21-4)23-9-8-22-17(26)13-6-5-7-14(20)10-13;/h5-7,10-11H,8-9,12H2,1-4H3,(H,22,26)(H2,21,23,25);1H. The molecule has 3 N–H and O–H groups in total. The highest BCUT2D eigenvalue weighted by atomic mass is 127. The van der Waals surface area contributed by atoms with Gasteiger partial charge >= 0.3 is 0 Å². The maximum atomic E-state index is 12.1. The highest BCUT2D eigenvalue weighted by molar-refractivity contribution is 14.0. The maximum absolute atomic E-state index is 12.1. The lowest BCUT2D eigenvalue weighted by Crippen LogP contribution is -2.41. The summed E-state index contributed by atoms with van der Waals surface area (Å²) in [5, 5.41) is 9.15. The summed E-state index contributed by atoms with van der Waals surface area (Å²) in [6.45, 7) is 7.67. The Bertz CT molecular complexity index is 802. The Morgan fingerprint density at radius 1 is 1.21 bits per heavy atom. The number of carbonyl (C=O) groups is 1. The third-order valence-electron chi connectivity index (χ3n) is 3.71. The van der Waals surface area contributed by atoms with Crippen LogP contribution in [0, 0.1) is 0 Å². The Labute approximate surface area is 191 Å². The van der Waals surface area contributed by atoms with E-state index in [1.807, 2.05) is 12.1 Å². The van der Waals surface area contributed by atoms with Crippen LogP contribution in [0.1, 0.15) is 42.8 Å². The zero-order valence-electron chi connectivity index (χ0n) is 16.5. The SMILES string of the molecule is CN=C(NCCNC(=O)c1cccc(Br)c1)NCc1ncc(C(C)(C)C)o1.I. The van der Waals surface area contributed by atoms with E-state index in [0.717, 1.165) is 10.2 Å². The van der Waals surface area contributed by atoms with Gasteiger partial charge in [0.05, 0.1) is 12.7 Å². The third-order valence-corrected chi connectivity index (χ3v) is 4.21. The summed E-state index contributed by atoms with van der Waals surface area (Å²) in [6.07, 6.45) is 1.75. The normalized spacial score (nSPS) is 11.5. The van der Waals surface area contributed by atoms with Crippen molar-refractivity contribution in [3.63, 3.8) is 0 Å². The maximum Gasteiger partial charge on any atom is 0.251 e. The Morgan fingerprint density at radius 2 is 1.93 bits per heavy atom. The van der Waals surface area contributed by atoms with Gasteiger partial charge in [-0.25, -0.2) is 4.98 Å². The second-order valence-corrected chi connectivity index (χ2v) is 7.90. The number of oxazole rings is 1. The van der Waals surface area contributed by atoms with E-state index in [4.69, 9.17) is 4.42 Å². The minimum atomic E-state index is -0.115. The highest BCUT2D eigenvalue weighted by Crippen LogP contribution is 2.22. The lowest BCUT2D eigenvalue weighted by molar-refractivity contribution is 0.0954. The molecule has 0 saturated carbocycles. The second-order valence-electron chi connectivity index (χ2n) is 6.99. The van der Waals surface area contributed by atoms with Crippen LogP contribution in [0.5, 0.6) is 0 Å². The van der Waals surface area contributed by atoms with Crippen LogP contribution in [0.15, 0.2) is 44.3 Å². The summed E-state index contributed by atoms with van der Waals surface area (Å²) in [5.74, 6) is 1.95. The molecule has 1 heterocycles. The van der Waals surface area contributed by atoms with E-state index < -0.39 is 0 Å². The molecule has 7 nitrogen and oxygen atoms in total. The first-order valence-electron chi connectivity index (χ1n) is 8.73. The lowest BCUT2D eigenvalue weighted by Gasteiger charge is -2.13. The van der Waals surface area contributed by atoms with Crippen LogP contribution < -0.4 is 16.0 Å². The van der Waals surface area contributed by atoms with Crippen molar-refractivity contribution in [1.82, 2.24) is 20.9 Å². The number of halogens is 2. The summed E-state index contributed by atoms with van der Waals surface area (Å²) in [4.78, 5) is 20.5. The van der Waals surface area contributed by atoms with Crippen LogP contribution >= 0.6 is 39.9 Å². The number of nitrogens with one attached hydrogen (secondary N) is 3. The van der Waals surface area contributed by atoms with Gasteiger partial charge in [-0.1, -0.05) is 42.8 Å². The molecule has 0 aliphatic rings. The Balaban J connectivity index is 0.00000392. The van der Waals surface area contributed by atoms with Crippen molar-refractivity contribution < 1.29 is 9.21 Å². The number of benzene rings is 1. The largest absolute Gasteiger partial charge is 0.443 e. The fourth-order valence-electron chi connectivity index (χ4n) is 2.21. The number of carbonyl (C=O) groups excluding carboxylic acids is 1. The number of nitrogens with zero attached hydrogens (tertiary/aromatic N) is 2. The van der Waals surface area contributed by atoms with Crippen molar-refractivity contribution in [3.8, 4) is 0 Å². The Hall–Kier alpha value is -1.62. The molecule has 0 bridgehead atoms. The van der Waals surface area contributed by atoms with Gasteiger partial charge in [-0.15, -0.1) is 24.0 Å². The number of hydrogen-bond acceptors (Lipinski definition) is 4. The molecule has 1 aromatic carbocycles. The van der Waals surface area contributed by atoms with Gasteiger partial charge in [-0.3, -0.25) is 9.79 Å². The van der Waals surface area contributed by atoms with Crippen molar-refractivity contribution in [2.24, 2.45) is 4.99 Å². The van der Waals surface area contributed by atoms with Crippen molar-refractivity contribution in [2.45, 2.75) is 32.7 Å². The Morgan fingerprint density at radius 3 is 2.54 bits per heavy atom. The Kier molecular flexibility index (Phi) is 9.94. The minimum Gasteiger partial charge on any atom is -0.443 e. The molecule has 0 fully saturated rings. The third kappa shape index (κ3) is 7.78. The van der Waals surface area contributed by atoms with Crippen LogP contribution in [-0.4, -0.2) is 37.0 Å². The summed E-state index contributed by atoms with van der Waals surface area (Å²) < 4.78 is 6.62. The van der Waals surface area contributed by atoms with Gasteiger partial charge in [0.1, 0.15) is 5.76 Å². The predicted octanol–water partition coefficient (Wildman–Crippen LogP) is 3.45. The summed E-state index contributed by atoms with van der Waals surface area (Å²) in [7, 11) is 1.69. The van der Waals surface area contributed by atoms with Gasteiger partial charge in [0.25, 0.3) is 5.91 Å². The molecule has 2 rings (SSSR count). The highest BCUT2D eigenvalue weighted by Gasteiger charge is 2.19. The summed E-state index contributed by atoms with van der Waals surface area (Å²) in [5.41, 5.74) is 0.544. The molecular weight excluding hydrogens is 537 g/mol. The van der Waals surface area contributed by atoms with Crippen LogP contribution in [-0.2, 0) is 12.0 Å². The van der Waals surface area contributed by atoms with Gasteiger partial charge in [0.15, 0.2) is 5.96 Å². The predicted molar refractivity (Wildman–Crippen MR) is 125 cm³/mol. The number of guanidine groups is 1. The topological polar surface area (TPSA) is 91.5 Å². The number of hydrogen-bond donors (Lipinski definition) is 3. The quantitative estimate of drug-likeness (QED) is 0.217. The fourth-order valence-corrected chi connectivity index (χ4v) is 2.61. The number of amides is 1. The molecule has 0 aliphatic heterocycles. The molecule has 2 aromatic rings. The average molecular weight is 564 g/mol. The zero-order valence-corrected chi connectivity index (χ0v) is 20.4. The molecule has 1 aromatic heterocycles. The van der Waals surface area contributed by atoms with E-state index >= 15 is 0 Å². The van der Waals surface area contributed by atoms with Crippen LogP contribution in [0.2, 0.25) is 0 Å². The van der Waals surface area contributed by atoms with Gasteiger partial charge < -0.3 is 20.4 Å². The molecule has 0 unspecified atom stereocenters.